The Bertz CT molecular complexity index is 1630. The lowest BCUT2D eigenvalue weighted by Gasteiger charge is -2.23. The third-order valence-electron chi connectivity index (χ3n) is 6.65. The number of hydrazone groups is 1. The number of para-hydroxylation sites is 2. The van der Waals surface area contributed by atoms with Crippen LogP contribution in [0.5, 0.6) is 11.5 Å². The molecule has 0 bridgehead atoms. The third-order valence-corrected chi connectivity index (χ3v) is 7.57. The molecule has 38 heavy (non-hydrogen) atoms. The Hall–Kier alpha value is -4.50. The molecule has 0 spiro atoms. The van der Waals surface area contributed by atoms with E-state index in [0.29, 0.717) is 23.7 Å². The van der Waals surface area contributed by atoms with Crippen LogP contribution in [-0.4, -0.2) is 45.4 Å². The normalized spacial score (nSPS) is 15.1. The Morgan fingerprint density at radius 3 is 2.58 bits per heavy atom. The molecule has 0 saturated heterocycles. The molecule has 1 atom stereocenters. The third kappa shape index (κ3) is 4.31. The topological polar surface area (TPSA) is 81.8 Å². The van der Waals surface area contributed by atoms with E-state index in [2.05, 4.69) is 4.98 Å². The largest absolute Gasteiger partial charge is 0.493 e. The molecule has 0 saturated carbocycles. The van der Waals surface area contributed by atoms with Crippen molar-refractivity contribution in [1.29, 1.82) is 0 Å². The molecule has 4 heterocycles. The molecule has 5 aromatic rings. The molecule has 3 aromatic heterocycles. The summed E-state index contributed by atoms with van der Waals surface area (Å²) in [5.41, 5.74) is 4.42. The smallest absolute Gasteiger partial charge is 0.263 e. The molecule has 1 aliphatic heterocycles. The summed E-state index contributed by atoms with van der Waals surface area (Å²) >= 11 is 1.62. The molecule has 1 amide bonds. The number of carbonyl (C=O) groups is 1. The van der Waals surface area contributed by atoms with Crippen molar-refractivity contribution in [3.05, 3.63) is 94.9 Å². The van der Waals surface area contributed by atoms with Crippen molar-refractivity contribution < 1.29 is 14.3 Å². The van der Waals surface area contributed by atoms with Crippen LogP contribution in [0.3, 0.4) is 0 Å². The predicted molar refractivity (Wildman–Crippen MR) is 148 cm³/mol. The van der Waals surface area contributed by atoms with Crippen LogP contribution in [0.25, 0.3) is 22.4 Å². The molecule has 2 aromatic carbocycles. The number of pyridine rings is 1. The van der Waals surface area contributed by atoms with Gasteiger partial charge in [-0.1, -0.05) is 24.3 Å². The van der Waals surface area contributed by atoms with E-state index in [1.807, 2.05) is 76.7 Å². The second kappa shape index (κ2) is 10.1. The summed E-state index contributed by atoms with van der Waals surface area (Å²) in [7, 11) is 3.22. The number of benzene rings is 2. The first-order valence-corrected chi connectivity index (χ1v) is 13.0. The second-order valence-electron chi connectivity index (χ2n) is 8.84. The number of aromatic nitrogens is 3. The van der Waals surface area contributed by atoms with Crippen molar-refractivity contribution in [3.63, 3.8) is 0 Å². The number of amides is 1. The summed E-state index contributed by atoms with van der Waals surface area (Å²) in [5, 5.41) is 8.48. The van der Waals surface area contributed by atoms with Crippen LogP contribution in [0.1, 0.15) is 22.9 Å². The fourth-order valence-corrected chi connectivity index (χ4v) is 5.54. The average molecular weight is 524 g/mol. The first-order chi connectivity index (χ1) is 18.7. The van der Waals surface area contributed by atoms with Gasteiger partial charge in [0.2, 0.25) is 0 Å². The van der Waals surface area contributed by atoms with Gasteiger partial charge >= 0.3 is 0 Å². The maximum Gasteiger partial charge on any atom is 0.263 e. The van der Waals surface area contributed by atoms with Crippen LogP contribution in [0, 0.1) is 0 Å². The fraction of sp³-hybridized carbons (Fsp3) is 0.172. The number of nitrogens with zero attached hydrogens (tertiary/aromatic N) is 5. The summed E-state index contributed by atoms with van der Waals surface area (Å²) < 4.78 is 12.9. The maximum absolute atomic E-state index is 14.0. The lowest BCUT2D eigenvalue weighted by Crippen LogP contribution is -2.30. The quantitative estimate of drug-likeness (QED) is 0.279. The zero-order chi connectivity index (χ0) is 26.1. The molecule has 0 radical (unpaired) electrons. The van der Waals surface area contributed by atoms with Crippen LogP contribution in [0.4, 0.5) is 0 Å². The monoisotopic (exact) mass is 523 g/mol. The van der Waals surface area contributed by atoms with Gasteiger partial charge in [-0.3, -0.25) is 9.78 Å². The van der Waals surface area contributed by atoms with Gasteiger partial charge in [-0.25, -0.2) is 9.99 Å². The van der Waals surface area contributed by atoms with Crippen molar-refractivity contribution in [2.75, 3.05) is 14.2 Å². The van der Waals surface area contributed by atoms with Crippen molar-refractivity contribution >= 4 is 34.0 Å². The number of fused-ring (bicyclic) bond motifs is 1. The minimum absolute atomic E-state index is 0.0865. The summed E-state index contributed by atoms with van der Waals surface area (Å²) in [6.07, 6.45) is 4.06. The van der Waals surface area contributed by atoms with E-state index in [9.17, 15) is 4.79 Å². The van der Waals surface area contributed by atoms with Gasteiger partial charge in [0.25, 0.3) is 5.91 Å². The lowest BCUT2D eigenvalue weighted by molar-refractivity contribution is -0.133. The number of rotatable bonds is 7. The van der Waals surface area contributed by atoms with Gasteiger partial charge < -0.3 is 14.0 Å². The highest BCUT2D eigenvalue weighted by atomic mass is 32.1. The zero-order valence-corrected chi connectivity index (χ0v) is 21.8. The first-order valence-electron chi connectivity index (χ1n) is 12.2. The Morgan fingerprint density at radius 2 is 1.82 bits per heavy atom. The van der Waals surface area contributed by atoms with E-state index >= 15 is 0 Å². The molecule has 0 fully saturated rings. The van der Waals surface area contributed by atoms with Gasteiger partial charge in [0.05, 0.1) is 41.9 Å². The molecule has 0 N–H and O–H groups in total. The van der Waals surface area contributed by atoms with Crippen LogP contribution in [-0.2, 0) is 11.3 Å². The van der Waals surface area contributed by atoms with Crippen molar-refractivity contribution in [3.8, 4) is 22.9 Å². The van der Waals surface area contributed by atoms with Gasteiger partial charge in [0.15, 0.2) is 11.5 Å². The summed E-state index contributed by atoms with van der Waals surface area (Å²) in [6, 6.07) is 21.1. The summed E-state index contributed by atoms with van der Waals surface area (Å²) in [4.78, 5) is 24.0. The number of hydrogen-bond donors (Lipinski definition) is 0. The van der Waals surface area contributed by atoms with Crippen LogP contribution in [0.2, 0.25) is 0 Å². The zero-order valence-electron chi connectivity index (χ0n) is 20.9. The number of hydrogen-bond acceptors (Lipinski definition) is 7. The minimum Gasteiger partial charge on any atom is -0.493 e. The van der Waals surface area contributed by atoms with Crippen molar-refractivity contribution in [2.24, 2.45) is 5.10 Å². The van der Waals surface area contributed by atoms with Crippen LogP contribution >= 0.6 is 11.3 Å². The highest BCUT2D eigenvalue weighted by molar-refractivity contribution is 7.12. The number of ether oxygens (including phenoxy) is 2. The van der Waals surface area contributed by atoms with E-state index < -0.39 is 0 Å². The molecule has 6 rings (SSSR count). The van der Waals surface area contributed by atoms with E-state index in [1.165, 1.54) is 0 Å². The number of thiophene rings is 1. The average Bonchev–Trinajstić information content (AvgIpc) is 3.72. The van der Waals surface area contributed by atoms with Gasteiger partial charge in [0.1, 0.15) is 12.4 Å². The highest BCUT2D eigenvalue weighted by Gasteiger charge is 2.34. The Morgan fingerprint density at radius 1 is 1.00 bits per heavy atom. The molecular weight excluding hydrogens is 498 g/mol. The molecule has 9 heteroatoms. The van der Waals surface area contributed by atoms with Crippen molar-refractivity contribution in [2.45, 2.75) is 19.0 Å². The van der Waals surface area contributed by atoms with E-state index in [1.54, 1.807) is 43.0 Å². The Kier molecular flexibility index (Phi) is 6.35. The molecule has 190 valence electrons. The number of imidazole rings is 1. The van der Waals surface area contributed by atoms with E-state index in [0.717, 1.165) is 32.7 Å². The Labute approximate surface area is 223 Å². The molecule has 1 aliphatic rings. The van der Waals surface area contributed by atoms with Gasteiger partial charge in [-0.15, -0.1) is 11.3 Å². The summed E-state index contributed by atoms with van der Waals surface area (Å²) in [5.74, 6) is 1.84. The predicted octanol–water partition coefficient (Wildman–Crippen LogP) is 5.55. The molecule has 0 aliphatic carbocycles. The Balaban J connectivity index is 1.40. The van der Waals surface area contributed by atoms with Crippen LogP contribution in [0.15, 0.2) is 89.6 Å². The SMILES string of the molecule is COc1ccc(C2CC(c3cccs3)=NN2C(=O)Cn2c(-c3ccncc3)nc3ccccc32)cc1OC. The second-order valence-corrected chi connectivity index (χ2v) is 9.79. The summed E-state index contributed by atoms with van der Waals surface area (Å²) in [6.45, 7) is 0.0865. The van der Waals surface area contributed by atoms with Crippen molar-refractivity contribution in [1.82, 2.24) is 19.5 Å². The van der Waals surface area contributed by atoms with E-state index in [-0.39, 0.29) is 18.5 Å². The molecule has 1 unspecified atom stereocenters. The lowest BCUT2D eigenvalue weighted by atomic mass is 10.0. The minimum atomic E-state index is -0.279. The van der Waals surface area contributed by atoms with Gasteiger partial charge in [-0.2, -0.15) is 5.10 Å². The number of carbonyl (C=O) groups excluding carboxylic acids is 1. The standard InChI is InChI=1S/C29H25N5O3S/c1-36-25-10-9-20(16-26(25)37-2)24-17-22(27-8-5-15-38-27)32-34(24)28(35)18-33-23-7-4-3-6-21(23)31-29(33)19-11-13-30-14-12-19/h3-16,24H,17-18H2,1-2H3. The molecule has 8 nitrogen and oxygen atoms in total. The maximum atomic E-state index is 14.0. The van der Waals surface area contributed by atoms with E-state index in [4.69, 9.17) is 19.6 Å². The number of methoxy groups -OCH3 is 2. The highest BCUT2D eigenvalue weighted by Crippen LogP contribution is 2.38. The van der Waals surface area contributed by atoms with Crippen LogP contribution < -0.4 is 9.47 Å². The van der Waals surface area contributed by atoms with Gasteiger partial charge in [0, 0.05) is 24.4 Å². The van der Waals surface area contributed by atoms with Gasteiger partial charge in [-0.05, 0) is 53.4 Å². The molecular formula is C29H25N5O3S. The fourth-order valence-electron chi connectivity index (χ4n) is 4.82. The first kappa shape index (κ1) is 23.9.